The molecular weight excluding hydrogens is 396 g/mol. The van der Waals surface area contributed by atoms with Gasteiger partial charge in [0.25, 0.3) is 0 Å². The van der Waals surface area contributed by atoms with E-state index in [1.54, 1.807) is 0 Å². The summed E-state index contributed by atoms with van der Waals surface area (Å²) in [5, 5.41) is 7.76. The highest BCUT2D eigenvalue weighted by Gasteiger charge is 2.21. The van der Waals surface area contributed by atoms with Crippen molar-refractivity contribution in [2.24, 2.45) is 5.92 Å². The molecule has 5 rings (SSSR count). The second kappa shape index (κ2) is 9.60. The highest BCUT2D eigenvalue weighted by molar-refractivity contribution is 5.95. The van der Waals surface area contributed by atoms with E-state index in [1.807, 2.05) is 12.1 Å². The second-order valence-electron chi connectivity index (χ2n) is 9.06. The van der Waals surface area contributed by atoms with Crippen LogP contribution < -0.4 is 15.5 Å². The number of para-hydroxylation sites is 2. The SMILES string of the molecule is O=C(CNc1c2c(nc3ccccc13)CCCC2)NCC1CCN(c2ccccc2)CC1. The van der Waals surface area contributed by atoms with E-state index in [0.29, 0.717) is 12.5 Å². The summed E-state index contributed by atoms with van der Waals surface area (Å²) in [6, 6.07) is 18.9. The van der Waals surface area contributed by atoms with E-state index in [2.05, 4.69) is 58.0 Å². The molecule has 0 unspecified atom stereocenters. The smallest absolute Gasteiger partial charge is 0.239 e. The van der Waals surface area contributed by atoms with Crippen molar-refractivity contribution < 1.29 is 4.79 Å². The molecule has 0 radical (unpaired) electrons. The van der Waals surface area contributed by atoms with E-state index >= 15 is 0 Å². The fourth-order valence-electron chi connectivity index (χ4n) is 5.10. The van der Waals surface area contributed by atoms with Crippen molar-refractivity contribution >= 4 is 28.2 Å². The molecular formula is C27H32N4O. The Morgan fingerprint density at radius 2 is 1.72 bits per heavy atom. The summed E-state index contributed by atoms with van der Waals surface area (Å²) in [5.41, 5.74) is 5.92. The standard InChI is InChI=1S/C27H32N4O/c32-26(28-18-20-14-16-31(17-15-20)21-8-2-1-3-9-21)19-29-27-22-10-4-6-12-24(22)30-25-13-7-5-11-23(25)27/h1-4,6,8-10,12,20H,5,7,11,13-19H2,(H,28,32)(H,29,30). The van der Waals surface area contributed by atoms with Gasteiger partial charge < -0.3 is 15.5 Å². The molecule has 0 atom stereocenters. The van der Waals surface area contributed by atoms with Gasteiger partial charge in [-0.25, -0.2) is 0 Å². The molecule has 1 amide bonds. The third kappa shape index (κ3) is 4.57. The number of carbonyl (C=O) groups excluding carboxylic acids is 1. The molecule has 5 heteroatoms. The normalized spacial score (nSPS) is 16.6. The van der Waals surface area contributed by atoms with Gasteiger partial charge in [0.1, 0.15) is 0 Å². The number of fused-ring (bicyclic) bond motifs is 2. The van der Waals surface area contributed by atoms with Gasteiger partial charge in [-0.05, 0) is 68.2 Å². The van der Waals surface area contributed by atoms with Crippen LogP contribution in [0.5, 0.6) is 0 Å². The van der Waals surface area contributed by atoms with Gasteiger partial charge in [-0.15, -0.1) is 0 Å². The molecule has 2 N–H and O–H groups in total. The summed E-state index contributed by atoms with van der Waals surface area (Å²) >= 11 is 0. The lowest BCUT2D eigenvalue weighted by Gasteiger charge is -2.33. The van der Waals surface area contributed by atoms with Crippen LogP contribution in [0, 0.1) is 5.92 Å². The third-order valence-corrected chi connectivity index (χ3v) is 6.92. The quantitative estimate of drug-likeness (QED) is 0.604. The van der Waals surface area contributed by atoms with Crippen LogP contribution in [-0.2, 0) is 17.6 Å². The first-order valence-electron chi connectivity index (χ1n) is 12.0. The van der Waals surface area contributed by atoms with Crippen LogP contribution in [0.2, 0.25) is 0 Å². The minimum absolute atomic E-state index is 0.0703. The van der Waals surface area contributed by atoms with Crippen molar-refractivity contribution in [2.75, 3.05) is 36.4 Å². The Bertz CT molecular complexity index is 1070. The Hall–Kier alpha value is -3.08. The van der Waals surface area contributed by atoms with E-state index in [-0.39, 0.29) is 5.91 Å². The van der Waals surface area contributed by atoms with Crippen molar-refractivity contribution in [1.82, 2.24) is 10.3 Å². The number of anilines is 2. The van der Waals surface area contributed by atoms with E-state index < -0.39 is 0 Å². The summed E-state index contributed by atoms with van der Waals surface area (Å²) in [4.78, 5) is 20.0. The van der Waals surface area contributed by atoms with Crippen LogP contribution in [-0.4, -0.2) is 37.1 Å². The van der Waals surface area contributed by atoms with Crippen molar-refractivity contribution in [3.8, 4) is 0 Å². The van der Waals surface area contributed by atoms with Gasteiger partial charge >= 0.3 is 0 Å². The van der Waals surface area contributed by atoms with E-state index in [1.165, 1.54) is 29.8 Å². The number of nitrogens with zero attached hydrogens (tertiary/aromatic N) is 2. The molecule has 1 saturated heterocycles. The van der Waals surface area contributed by atoms with E-state index in [4.69, 9.17) is 4.98 Å². The number of amides is 1. The average molecular weight is 429 g/mol. The molecule has 0 saturated carbocycles. The highest BCUT2D eigenvalue weighted by Crippen LogP contribution is 2.33. The molecule has 0 spiro atoms. The van der Waals surface area contributed by atoms with Crippen LogP contribution in [0.3, 0.4) is 0 Å². The maximum absolute atomic E-state index is 12.6. The summed E-state index contributed by atoms with van der Waals surface area (Å²) in [6.45, 7) is 3.18. The summed E-state index contributed by atoms with van der Waals surface area (Å²) < 4.78 is 0. The highest BCUT2D eigenvalue weighted by atomic mass is 16.1. The lowest BCUT2D eigenvalue weighted by Crippen LogP contribution is -2.40. The van der Waals surface area contributed by atoms with Gasteiger partial charge in [0.15, 0.2) is 0 Å². The zero-order valence-corrected chi connectivity index (χ0v) is 18.6. The molecule has 1 aromatic heterocycles. The predicted molar refractivity (Wildman–Crippen MR) is 131 cm³/mol. The molecule has 166 valence electrons. The molecule has 2 aromatic carbocycles. The van der Waals surface area contributed by atoms with Crippen LogP contribution in [0.1, 0.15) is 36.9 Å². The number of aryl methyl sites for hydroxylation is 1. The molecule has 2 heterocycles. The van der Waals surface area contributed by atoms with Gasteiger partial charge in [-0.2, -0.15) is 0 Å². The Morgan fingerprint density at radius 3 is 2.56 bits per heavy atom. The van der Waals surface area contributed by atoms with Gasteiger partial charge in [0.05, 0.1) is 12.1 Å². The molecule has 1 aliphatic heterocycles. The third-order valence-electron chi connectivity index (χ3n) is 6.92. The molecule has 0 bridgehead atoms. The van der Waals surface area contributed by atoms with E-state index in [0.717, 1.165) is 61.9 Å². The number of nitrogens with one attached hydrogen (secondary N) is 2. The second-order valence-corrected chi connectivity index (χ2v) is 9.06. The summed E-state index contributed by atoms with van der Waals surface area (Å²) in [6.07, 6.45) is 6.69. The molecule has 2 aliphatic rings. The lowest BCUT2D eigenvalue weighted by atomic mass is 9.92. The Labute approximate surface area is 190 Å². The zero-order chi connectivity index (χ0) is 21.8. The monoisotopic (exact) mass is 428 g/mol. The van der Waals surface area contributed by atoms with Crippen molar-refractivity contribution in [3.05, 3.63) is 65.9 Å². The Kier molecular flexibility index (Phi) is 6.24. The molecule has 3 aromatic rings. The predicted octanol–water partition coefficient (Wildman–Crippen LogP) is 4.56. The number of pyridine rings is 1. The van der Waals surface area contributed by atoms with Crippen LogP contribution in [0.25, 0.3) is 10.9 Å². The van der Waals surface area contributed by atoms with E-state index in [9.17, 15) is 4.79 Å². The Balaban J connectivity index is 1.16. The first-order chi connectivity index (χ1) is 15.8. The van der Waals surface area contributed by atoms with Gasteiger partial charge in [0.2, 0.25) is 5.91 Å². The lowest BCUT2D eigenvalue weighted by molar-refractivity contribution is -0.119. The van der Waals surface area contributed by atoms with Crippen LogP contribution in [0.15, 0.2) is 54.6 Å². The number of carbonyl (C=O) groups is 1. The largest absolute Gasteiger partial charge is 0.375 e. The first kappa shape index (κ1) is 20.8. The summed E-state index contributed by atoms with van der Waals surface area (Å²) in [7, 11) is 0. The number of hydrogen-bond acceptors (Lipinski definition) is 4. The van der Waals surface area contributed by atoms with Gasteiger partial charge in [-0.3, -0.25) is 9.78 Å². The number of hydrogen-bond donors (Lipinski definition) is 2. The molecule has 5 nitrogen and oxygen atoms in total. The van der Waals surface area contributed by atoms with Gasteiger partial charge in [0, 0.05) is 42.1 Å². The topological polar surface area (TPSA) is 57.3 Å². The Morgan fingerprint density at radius 1 is 0.969 bits per heavy atom. The number of benzene rings is 2. The maximum Gasteiger partial charge on any atom is 0.239 e. The fourth-order valence-corrected chi connectivity index (χ4v) is 5.10. The average Bonchev–Trinajstić information content (AvgIpc) is 2.86. The minimum Gasteiger partial charge on any atom is -0.375 e. The molecule has 32 heavy (non-hydrogen) atoms. The van der Waals surface area contributed by atoms with Gasteiger partial charge in [-0.1, -0.05) is 36.4 Å². The number of aromatic nitrogens is 1. The minimum atomic E-state index is 0.0703. The van der Waals surface area contributed by atoms with Crippen molar-refractivity contribution in [3.63, 3.8) is 0 Å². The molecule has 1 aliphatic carbocycles. The zero-order valence-electron chi connectivity index (χ0n) is 18.6. The maximum atomic E-state index is 12.6. The van der Waals surface area contributed by atoms with Crippen LogP contribution in [0.4, 0.5) is 11.4 Å². The fraction of sp³-hybridized carbons (Fsp3) is 0.407. The number of rotatable bonds is 6. The van der Waals surface area contributed by atoms with Crippen molar-refractivity contribution in [1.29, 1.82) is 0 Å². The van der Waals surface area contributed by atoms with Crippen LogP contribution >= 0.6 is 0 Å². The van der Waals surface area contributed by atoms with Crippen molar-refractivity contribution in [2.45, 2.75) is 38.5 Å². The molecule has 1 fully saturated rings. The number of piperidine rings is 1. The summed E-state index contributed by atoms with van der Waals surface area (Å²) in [5.74, 6) is 0.620. The first-order valence-corrected chi connectivity index (χ1v) is 12.0.